The number of ketones is 3. The SMILES string of the molecule is CCC(=O)c1ccc(-c2ccc(C(=O)NC(COCCC(=O)C(C)C)COCCC(=O)C(C)C)nc2)cn1. The average molecular weight is 526 g/mol. The molecule has 0 bridgehead atoms. The van der Waals surface area contributed by atoms with Crippen LogP contribution in [0.3, 0.4) is 0 Å². The van der Waals surface area contributed by atoms with E-state index in [-0.39, 0.29) is 61.3 Å². The third-order valence-electron chi connectivity index (χ3n) is 5.95. The second kappa shape index (κ2) is 15.8. The number of amides is 1. The summed E-state index contributed by atoms with van der Waals surface area (Å²) in [6.45, 7) is 9.96. The third kappa shape index (κ3) is 10.2. The van der Waals surface area contributed by atoms with E-state index in [0.29, 0.717) is 25.0 Å². The van der Waals surface area contributed by atoms with Gasteiger partial charge in [-0.15, -0.1) is 0 Å². The Bertz CT molecular complexity index is 1040. The summed E-state index contributed by atoms with van der Waals surface area (Å²) in [6.07, 6.45) is 4.17. The van der Waals surface area contributed by atoms with E-state index >= 15 is 0 Å². The molecule has 0 radical (unpaired) electrons. The van der Waals surface area contributed by atoms with Crippen LogP contribution in [0.25, 0.3) is 11.1 Å². The van der Waals surface area contributed by atoms with Gasteiger partial charge in [0, 0.05) is 54.6 Å². The van der Waals surface area contributed by atoms with Crippen molar-refractivity contribution < 1.29 is 28.7 Å². The molecule has 9 nitrogen and oxygen atoms in total. The smallest absolute Gasteiger partial charge is 0.270 e. The lowest BCUT2D eigenvalue weighted by atomic mass is 10.1. The molecule has 0 aromatic carbocycles. The number of carbonyl (C=O) groups is 4. The molecule has 1 N–H and O–H groups in total. The largest absolute Gasteiger partial charge is 0.379 e. The predicted octanol–water partition coefficient (Wildman–Crippen LogP) is 4.10. The molecule has 2 aromatic heterocycles. The van der Waals surface area contributed by atoms with Gasteiger partial charge in [-0.25, -0.2) is 0 Å². The number of hydrogen-bond donors (Lipinski definition) is 1. The molecule has 2 aromatic rings. The van der Waals surface area contributed by atoms with Gasteiger partial charge < -0.3 is 14.8 Å². The molecule has 0 aliphatic rings. The molecule has 206 valence electrons. The Morgan fingerprint density at radius 3 is 1.63 bits per heavy atom. The van der Waals surface area contributed by atoms with Crippen LogP contribution in [-0.4, -0.2) is 65.7 Å². The van der Waals surface area contributed by atoms with E-state index in [2.05, 4.69) is 15.3 Å². The lowest BCUT2D eigenvalue weighted by molar-refractivity contribution is -0.123. The van der Waals surface area contributed by atoms with Crippen LogP contribution in [0.1, 0.15) is 74.9 Å². The van der Waals surface area contributed by atoms with E-state index < -0.39 is 11.9 Å². The van der Waals surface area contributed by atoms with Crippen LogP contribution >= 0.6 is 0 Å². The highest BCUT2D eigenvalue weighted by molar-refractivity contribution is 5.94. The summed E-state index contributed by atoms with van der Waals surface area (Å²) in [5.74, 6) is -0.315. The van der Waals surface area contributed by atoms with Gasteiger partial charge in [-0.3, -0.25) is 29.1 Å². The molecule has 2 rings (SSSR count). The van der Waals surface area contributed by atoms with Crippen LogP contribution in [0.15, 0.2) is 36.7 Å². The minimum atomic E-state index is -0.486. The molecule has 38 heavy (non-hydrogen) atoms. The number of aromatic nitrogens is 2. The Kier molecular flexibility index (Phi) is 12.9. The highest BCUT2D eigenvalue weighted by Crippen LogP contribution is 2.18. The zero-order valence-corrected chi connectivity index (χ0v) is 23.0. The highest BCUT2D eigenvalue weighted by Gasteiger charge is 2.17. The van der Waals surface area contributed by atoms with Crippen molar-refractivity contribution in [3.05, 3.63) is 48.0 Å². The van der Waals surface area contributed by atoms with Crippen LogP contribution in [-0.2, 0) is 19.1 Å². The third-order valence-corrected chi connectivity index (χ3v) is 5.95. The van der Waals surface area contributed by atoms with Gasteiger partial charge in [-0.2, -0.15) is 0 Å². The van der Waals surface area contributed by atoms with Crippen LogP contribution in [0.5, 0.6) is 0 Å². The van der Waals surface area contributed by atoms with Crippen LogP contribution in [0.4, 0.5) is 0 Å². The number of nitrogens with one attached hydrogen (secondary N) is 1. The summed E-state index contributed by atoms with van der Waals surface area (Å²) in [6, 6.07) is 6.36. The zero-order valence-electron chi connectivity index (χ0n) is 23.0. The number of nitrogens with zero attached hydrogens (tertiary/aromatic N) is 2. The number of carbonyl (C=O) groups excluding carboxylic acids is 4. The van der Waals surface area contributed by atoms with Crippen molar-refractivity contribution in [1.29, 1.82) is 0 Å². The molecule has 9 heteroatoms. The summed E-state index contributed by atoms with van der Waals surface area (Å²) < 4.78 is 11.3. The van der Waals surface area contributed by atoms with Gasteiger partial charge >= 0.3 is 0 Å². The van der Waals surface area contributed by atoms with E-state index in [1.165, 1.54) is 0 Å². The molecule has 0 aliphatic carbocycles. The van der Waals surface area contributed by atoms with Gasteiger partial charge in [0.1, 0.15) is 23.0 Å². The van der Waals surface area contributed by atoms with E-state index in [9.17, 15) is 19.2 Å². The monoisotopic (exact) mass is 525 g/mol. The number of pyridine rings is 2. The minimum absolute atomic E-state index is 0.0257. The average Bonchev–Trinajstić information content (AvgIpc) is 2.92. The van der Waals surface area contributed by atoms with E-state index in [0.717, 1.165) is 11.1 Å². The molecular weight excluding hydrogens is 486 g/mol. The molecule has 0 fully saturated rings. The van der Waals surface area contributed by atoms with Gasteiger partial charge in [0.2, 0.25) is 0 Å². The Morgan fingerprint density at radius 1 is 0.763 bits per heavy atom. The van der Waals surface area contributed by atoms with Crippen molar-refractivity contribution in [2.24, 2.45) is 11.8 Å². The first kappa shape index (κ1) is 30.9. The van der Waals surface area contributed by atoms with Gasteiger partial charge in [-0.1, -0.05) is 46.8 Å². The highest BCUT2D eigenvalue weighted by atomic mass is 16.5. The lowest BCUT2D eigenvalue weighted by Crippen LogP contribution is -2.42. The standard InChI is InChI=1S/C29H39N3O6/c1-6-26(33)24-9-7-21(15-30-24)22-8-10-25(31-16-22)29(36)32-23(17-37-13-11-27(34)19(2)3)18-38-14-12-28(35)20(4)5/h7-10,15-16,19-20,23H,6,11-14,17-18H2,1-5H3,(H,32,36). The van der Waals surface area contributed by atoms with Gasteiger partial charge in [-0.05, 0) is 12.1 Å². The van der Waals surface area contributed by atoms with Gasteiger partial charge in [0.05, 0.1) is 32.5 Å². The van der Waals surface area contributed by atoms with Crippen LogP contribution in [0, 0.1) is 11.8 Å². The minimum Gasteiger partial charge on any atom is -0.379 e. The summed E-state index contributed by atoms with van der Waals surface area (Å²) in [5, 5.41) is 2.87. The lowest BCUT2D eigenvalue weighted by Gasteiger charge is -2.19. The fourth-order valence-corrected chi connectivity index (χ4v) is 3.37. The molecule has 0 atom stereocenters. The first-order chi connectivity index (χ1) is 18.1. The van der Waals surface area contributed by atoms with E-state index in [1.807, 2.05) is 27.7 Å². The van der Waals surface area contributed by atoms with E-state index in [4.69, 9.17) is 9.47 Å². The molecule has 0 unspecified atom stereocenters. The van der Waals surface area contributed by atoms with Crippen LogP contribution in [0.2, 0.25) is 0 Å². The summed E-state index contributed by atoms with van der Waals surface area (Å²) >= 11 is 0. The fraction of sp³-hybridized carbons (Fsp3) is 0.517. The molecule has 2 heterocycles. The topological polar surface area (TPSA) is 125 Å². The maximum Gasteiger partial charge on any atom is 0.270 e. The Balaban J connectivity index is 1.98. The Hall–Kier alpha value is -3.30. The zero-order chi connectivity index (χ0) is 28.1. The van der Waals surface area contributed by atoms with Crippen molar-refractivity contribution in [3.63, 3.8) is 0 Å². The first-order valence-corrected chi connectivity index (χ1v) is 13.1. The molecule has 0 aliphatic heterocycles. The van der Waals surface area contributed by atoms with Crippen molar-refractivity contribution in [2.45, 2.75) is 59.9 Å². The number of rotatable bonds is 17. The first-order valence-electron chi connectivity index (χ1n) is 13.1. The van der Waals surface area contributed by atoms with E-state index in [1.54, 1.807) is 43.6 Å². The van der Waals surface area contributed by atoms with Crippen molar-refractivity contribution in [2.75, 3.05) is 26.4 Å². The quantitative estimate of drug-likeness (QED) is 0.242. The van der Waals surface area contributed by atoms with Gasteiger partial charge in [0.15, 0.2) is 5.78 Å². The van der Waals surface area contributed by atoms with Crippen molar-refractivity contribution >= 4 is 23.3 Å². The summed E-state index contributed by atoms with van der Waals surface area (Å²) in [5.41, 5.74) is 2.17. The van der Waals surface area contributed by atoms with Gasteiger partial charge in [0.25, 0.3) is 5.91 Å². The summed E-state index contributed by atoms with van der Waals surface area (Å²) in [4.78, 5) is 56.8. The summed E-state index contributed by atoms with van der Waals surface area (Å²) in [7, 11) is 0. The number of Topliss-reactive ketones (excluding diaryl/α,β-unsaturated/α-hetero) is 3. The molecular formula is C29H39N3O6. The second-order valence-electron chi connectivity index (χ2n) is 9.70. The fourth-order valence-electron chi connectivity index (χ4n) is 3.37. The molecule has 0 saturated carbocycles. The van der Waals surface area contributed by atoms with Crippen molar-refractivity contribution in [3.8, 4) is 11.1 Å². The molecule has 1 amide bonds. The maximum atomic E-state index is 12.9. The maximum absolute atomic E-state index is 12.9. The molecule has 0 saturated heterocycles. The second-order valence-corrected chi connectivity index (χ2v) is 9.70. The number of ether oxygens (including phenoxy) is 2. The Labute approximate surface area is 224 Å². The Morgan fingerprint density at radius 2 is 1.24 bits per heavy atom. The van der Waals surface area contributed by atoms with Crippen LogP contribution < -0.4 is 5.32 Å². The molecule has 0 spiro atoms. The van der Waals surface area contributed by atoms with Crippen molar-refractivity contribution in [1.82, 2.24) is 15.3 Å². The normalized spacial score (nSPS) is 11.3. The number of hydrogen-bond acceptors (Lipinski definition) is 8. The predicted molar refractivity (Wildman–Crippen MR) is 144 cm³/mol.